The predicted molar refractivity (Wildman–Crippen MR) is 51.7 cm³/mol. The van der Waals surface area contributed by atoms with Gasteiger partial charge in [0.05, 0.1) is 0 Å². The number of hydrogen-bond acceptors (Lipinski definition) is 2. The molecule has 0 aliphatic carbocycles. The molecule has 0 N–H and O–H groups in total. The molecule has 68 valence electrons. The second-order valence-electron chi connectivity index (χ2n) is 3.37. The van der Waals surface area contributed by atoms with Crippen molar-refractivity contribution in [2.75, 3.05) is 0 Å². The molecule has 0 spiro atoms. The van der Waals surface area contributed by atoms with Gasteiger partial charge in [-0.25, -0.2) is 0 Å². The molecular weight excluding hydrogens is 162 g/mol. The highest BCUT2D eigenvalue weighted by Crippen LogP contribution is 2.18. The summed E-state index contributed by atoms with van der Waals surface area (Å²) in [6.45, 7) is 4.42. The molecule has 0 amide bonds. The molecule has 2 aromatic rings. The smallest absolute Gasteiger partial charge is 0.160 e. The van der Waals surface area contributed by atoms with E-state index in [1.807, 2.05) is 10.6 Å². The Bertz CT molecular complexity index is 405. The second-order valence-corrected chi connectivity index (χ2v) is 3.37. The highest BCUT2D eigenvalue weighted by Gasteiger charge is 2.03. The lowest BCUT2D eigenvalue weighted by Gasteiger charge is -2.07. The van der Waals surface area contributed by atoms with E-state index in [4.69, 9.17) is 0 Å². The summed E-state index contributed by atoms with van der Waals surface area (Å²) < 4.78 is 1.92. The lowest BCUT2D eigenvalue weighted by Crippen LogP contribution is -1.93. The molecule has 13 heavy (non-hydrogen) atoms. The number of rotatable bonds is 2. The van der Waals surface area contributed by atoms with E-state index < -0.39 is 0 Å². The van der Waals surface area contributed by atoms with Gasteiger partial charge in [-0.2, -0.15) is 0 Å². The van der Waals surface area contributed by atoms with Gasteiger partial charge in [-0.1, -0.05) is 13.8 Å². The highest BCUT2D eigenvalue weighted by atomic mass is 15.2. The van der Waals surface area contributed by atoms with Crippen LogP contribution in [0.25, 0.3) is 5.65 Å². The Morgan fingerprint density at radius 3 is 3.15 bits per heavy atom. The molecule has 0 aliphatic rings. The summed E-state index contributed by atoms with van der Waals surface area (Å²) in [5.74, 6) is 0.599. The van der Waals surface area contributed by atoms with Gasteiger partial charge >= 0.3 is 0 Å². The van der Waals surface area contributed by atoms with Gasteiger partial charge in [0.1, 0.15) is 6.33 Å². The van der Waals surface area contributed by atoms with Gasteiger partial charge < -0.3 is 0 Å². The normalized spacial score (nSPS) is 13.4. The van der Waals surface area contributed by atoms with Crippen LogP contribution in [0.3, 0.4) is 0 Å². The van der Waals surface area contributed by atoms with Gasteiger partial charge in [0, 0.05) is 6.20 Å². The van der Waals surface area contributed by atoms with Crippen LogP contribution in [0.5, 0.6) is 0 Å². The van der Waals surface area contributed by atoms with E-state index in [0.717, 1.165) is 12.1 Å². The molecule has 0 saturated carbocycles. The molecule has 2 heterocycles. The van der Waals surface area contributed by atoms with Gasteiger partial charge in [-0.3, -0.25) is 4.40 Å². The van der Waals surface area contributed by atoms with Crippen LogP contribution in [0.15, 0.2) is 24.7 Å². The average Bonchev–Trinajstić information content (AvgIpc) is 2.63. The van der Waals surface area contributed by atoms with Crippen LogP contribution in [0.1, 0.15) is 31.7 Å². The molecule has 2 rings (SSSR count). The molecule has 2 aromatic heterocycles. The van der Waals surface area contributed by atoms with Crippen LogP contribution < -0.4 is 0 Å². The quantitative estimate of drug-likeness (QED) is 0.700. The van der Waals surface area contributed by atoms with Crippen LogP contribution in [0.4, 0.5) is 0 Å². The first-order chi connectivity index (χ1) is 6.31. The van der Waals surface area contributed by atoms with Gasteiger partial charge in [-0.15, -0.1) is 10.2 Å². The maximum absolute atomic E-state index is 4.01. The van der Waals surface area contributed by atoms with Crippen molar-refractivity contribution in [1.82, 2.24) is 14.6 Å². The Hall–Kier alpha value is -1.38. The largest absolute Gasteiger partial charge is 0.289 e. The standard InChI is InChI=1S/C10H13N3/c1-3-8(2)9-4-5-13-7-11-12-10(13)6-9/h4-8H,3H2,1-2H3. The summed E-state index contributed by atoms with van der Waals surface area (Å²) in [7, 11) is 0. The van der Waals surface area contributed by atoms with Gasteiger partial charge in [0.2, 0.25) is 0 Å². The van der Waals surface area contributed by atoms with Crippen molar-refractivity contribution in [3.8, 4) is 0 Å². The molecule has 3 nitrogen and oxygen atoms in total. The van der Waals surface area contributed by atoms with Gasteiger partial charge in [0.15, 0.2) is 5.65 Å². The number of hydrogen-bond donors (Lipinski definition) is 0. The molecule has 0 bridgehead atoms. The van der Waals surface area contributed by atoms with Crippen LogP contribution in [0.2, 0.25) is 0 Å². The fourth-order valence-corrected chi connectivity index (χ4v) is 1.38. The zero-order valence-corrected chi connectivity index (χ0v) is 7.94. The number of aromatic nitrogens is 3. The second kappa shape index (κ2) is 3.17. The monoisotopic (exact) mass is 175 g/mol. The van der Waals surface area contributed by atoms with Crippen LogP contribution >= 0.6 is 0 Å². The molecule has 0 saturated heterocycles. The first kappa shape index (κ1) is 8.23. The third-order valence-corrected chi connectivity index (χ3v) is 2.51. The molecule has 0 radical (unpaired) electrons. The van der Waals surface area contributed by atoms with E-state index in [1.165, 1.54) is 5.56 Å². The van der Waals surface area contributed by atoms with Crippen LogP contribution in [-0.4, -0.2) is 14.6 Å². The van der Waals surface area contributed by atoms with E-state index in [9.17, 15) is 0 Å². The number of pyridine rings is 1. The summed E-state index contributed by atoms with van der Waals surface area (Å²) in [6.07, 6.45) is 4.89. The molecule has 3 heteroatoms. The third-order valence-electron chi connectivity index (χ3n) is 2.51. The zero-order chi connectivity index (χ0) is 9.26. The molecule has 1 atom stereocenters. The average molecular weight is 175 g/mol. The van der Waals surface area contributed by atoms with E-state index in [-0.39, 0.29) is 0 Å². The Labute approximate surface area is 77.4 Å². The van der Waals surface area contributed by atoms with E-state index in [1.54, 1.807) is 6.33 Å². The van der Waals surface area contributed by atoms with Gasteiger partial charge in [0.25, 0.3) is 0 Å². The SMILES string of the molecule is CCC(C)c1ccn2cnnc2c1. The number of fused-ring (bicyclic) bond motifs is 1. The maximum Gasteiger partial charge on any atom is 0.160 e. The maximum atomic E-state index is 4.01. The summed E-state index contributed by atoms with van der Waals surface area (Å²) in [6, 6.07) is 4.23. The van der Waals surface area contributed by atoms with E-state index in [2.05, 4.69) is 36.2 Å². The molecule has 1 unspecified atom stereocenters. The Morgan fingerprint density at radius 1 is 1.54 bits per heavy atom. The summed E-state index contributed by atoms with van der Waals surface area (Å²) in [4.78, 5) is 0. The van der Waals surface area contributed by atoms with Gasteiger partial charge in [-0.05, 0) is 30.0 Å². The van der Waals surface area contributed by atoms with Crippen molar-refractivity contribution in [2.24, 2.45) is 0 Å². The van der Waals surface area contributed by atoms with Crippen LogP contribution in [-0.2, 0) is 0 Å². The lowest BCUT2D eigenvalue weighted by molar-refractivity contribution is 0.732. The fourth-order valence-electron chi connectivity index (χ4n) is 1.38. The van der Waals surface area contributed by atoms with E-state index in [0.29, 0.717) is 5.92 Å². The summed E-state index contributed by atoms with van der Waals surface area (Å²) in [5, 5.41) is 7.85. The van der Waals surface area contributed by atoms with Crippen molar-refractivity contribution in [3.63, 3.8) is 0 Å². The van der Waals surface area contributed by atoms with E-state index >= 15 is 0 Å². The third kappa shape index (κ3) is 1.41. The highest BCUT2D eigenvalue weighted by molar-refractivity contribution is 5.40. The topological polar surface area (TPSA) is 30.2 Å². The Balaban J connectivity index is 2.48. The zero-order valence-electron chi connectivity index (χ0n) is 7.94. The van der Waals surface area contributed by atoms with Crippen molar-refractivity contribution in [3.05, 3.63) is 30.2 Å². The van der Waals surface area contributed by atoms with Crippen LogP contribution in [0, 0.1) is 0 Å². The van der Waals surface area contributed by atoms with Crippen molar-refractivity contribution in [1.29, 1.82) is 0 Å². The lowest BCUT2D eigenvalue weighted by atomic mass is 10.0. The molecular formula is C10H13N3. The summed E-state index contributed by atoms with van der Waals surface area (Å²) >= 11 is 0. The Kier molecular flexibility index (Phi) is 2.00. The first-order valence-electron chi connectivity index (χ1n) is 4.60. The minimum Gasteiger partial charge on any atom is -0.289 e. The Morgan fingerprint density at radius 2 is 2.38 bits per heavy atom. The molecule has 0 aromatic carbocycles. The van der Waals surface area contributed by atoms with Crippen molar-refractivity contribution in [2.45, 2.75) is 26.2 Å². The fraction of sp³-hybridized carbons (Fsp3) is 0.400. The van der Waals surface area contributed by atoms with Crippen molar-refractivity contribution >= 4 is 5.65 Å². The minimum absolute atomic E-state index is 0.599. The minimum atomic E-state index is 0.599. The molecule has 0 aliphatic heterocycles. The number of nitrogens with zero attached hydrogens (tertiary/aromatic N) is 3. The first-order valence-corrected chi connectivity index (χ1v) is 4.60. The molecule has 0 fully saturated rings. The van der Waals surface area contributed by atoms with Crippen molar-refractivity contribution < 1.29 is 0 Å². The summed E-state index contributed by atoms with van der Waals surface area (Å²) in [5.41, 5.74) is 2.26. The predicted octanol–water partition coefficient (Wildman–Crippen LogP) is 2.24.